The van der Waals surface area contributed by atoms with Crippen LogP contribution in [0.3, 0.4) is 0 Å². The Kier molecular flexibility index (Phi) is 12.3. The summed E-state index contributed by atoms with van der Waals surface area (Å²) >= 11 is 0. The van der Waals surface area contributed by atoms with Gasteiger partial charge in [-0.25, -0.2) is 4.99 Å². The fourth-order valence-electron chi connectivity index (χ4n) is 4.54. The number of aryl methyl sites for hydroxylation is 1. The average Bonchev–Trinajstić information content (AvgIpc) is 3.38. The van der Waals surface area contributed by atoms with Crippen molar-refractivity contribution < 1.29 is 14.6 Å². The molecule has 7 nitrogen and oxygen atoms in total. The lowest BCUT2D eigenvalue weighted by molar-refractivity contribution is 0.0904. The molecular formula is C34H40N4O3. The summed E-state index contributed by atoms with van der Waals surface area (Å²) in [5.74, 6) is 4.35. The van der Waals surface area contributed by atoms with E-state index in [1.165, 1.54) is 11.9 Å². The van der Waals surface area contributed by atoms with Crippen molar-refractivity contribution >= 4 is 22.6 Å². The van der Waals surface area contributed by atoms with Crippen molar-refractivity contribution in [1.82, 2.24) is 10.3 Å². The predicted octanol–water partition coefficient (Wildman–Crippen LogP) is 6.31. The maximum atomic E-state index is 10.6. The molecule has 3 aromatic rings. The number of terminal acetylenes is 1. The van der Waals surface area contributed by atoms with Gasteiger partial charge in [0.05, 0.1) is 11.6 Å². The van der Waals surface area contributed by atoms with E-state index >= 15 is 0 Å². The van der Waals surface area contributed by atoms with Gasteiger partial charge in [0.15, 0.2) is 5.90 Å². The number of H-pyrrole nitrogens is 1. The fourth-order valence-corrected chi connectivity index (χ4v) is 4.54. The van der Waals surface area contributed by atoms with Crippen molar-refractivity contribution in [3.8, 4) is 24.2 Å². The van der Waals surface area contributed by atoms with Crippen molar-refractivity contribution in [2.45, 2.75) is 65.5 Å². The van der Waals surface area contributed by atoms with Crippen LogP contribution >= 0.6 is 0 Å². The van der Waals surface area contributed by atoms with E-state index < -0.39 is 6.10 Å². The van der Waals surface area contributed by atoms with E-state index in [9.17, 15) is 5.11 Å². The zero-order valence-corrected chi connectivity index (χ0v) is 24.4. The largest absolute Gasteiger partial charge is 0.490 e. The number of nitrogens with one attached hydrogen (secondary N) is 2. The molecule has 0 aliphatic heterocycles. The number of ether oxygens (including phenoxy) is 2. The first-order valence-electron chi connectivity index (χ1n) is 14.1. The summed E-state index contributed by atoms with van der Waals surface area (Å²) in [6, 6.07) is 18.2. The molecule has 0 saturated heterocycles. The van der Waals surface area contributed by atoms with E-state index in [1.807, 2.05) is 56.3 Å². The van der Waals surface area contributed by atoms with Crippen LogP contribution in [-0.4, -0.2) is 41.3 Å². The van der Waals surface area contributed by atoms with Crippen LogP contribution in [-0.2, 0) is 17.6 Å². The topological polar surface area (TPSA) is 103 Å². The monoisotopic (exact) mass is 552 g/mol. The smallest absolute Gasteiger partial charge is 0.191 e. The molecule has 1 aliphatic rings. The van der Waals surface area contributed by atoms with E-state index in [4.69, 9.17) is 21.2 Å². The Bertz CT molecular complexity index is 1450. The normalized spacial score (nSPS) is 14.5. The third kappa shape index (κ3) is 9.11. The average molecular weight is 553 g/mol. The molecule has 0 spiro atoms. The minimum atomic E-state index is -0.627. The molecule has 0 bridgehead atoms. The number of aliphatic imine (C=N–C) groups is 1. The first-order valence-corrected chi connectivity index (χ1v) is 14.1. The van der Waals surface area contributed by atoms with Gasteiger partial charge >= 0.3 is 0 Å². The zero-order chi connectivity index (χ0) is 29.6. The number of hydrogen-bond acceptors (Lipinski definition) is 6. The van der Waals surface area contributed by atoms with Crippen LogP contribution in [0.1, 0.15) is 57.4 Å². The number of aromatic amines is 1. The summed E-state index contributed by atoms with van der Waals surface area (Å²) in [5.41, 5.74) is 4.97. The number of aromatic nitrogens is 1. The van der Waals surface area contributed by atoms with E-state index in [0.717, 1.165) is 47.1 Å². The lowest BCUT2D eigenvalue weighted by Crippen LogP contribution is -2.37. The lowest BCUT2D eigenvalue weighted by Gasteiger charge is -2.20. The Morgan fingerprint density at radius 2 is 1.98 bits per heavy atom. The third-order valence-electron chi connectivity index (χ3n) is 6.46. The highest BCUT2D eigenvalue weighted by Gasteiger charge is 2.20. The zero-order valence-electron chi connectivity index (χ0n) is 24.4. The predicted molar refractivity (Wildman–Crippen MR) is 166 cm³/mol. The number of nitrogens with zero attached hydrogens (tertiary/aromatic N) is 2. The molecule has 4 rings (SSSR count). The van der Waals surface area contributed by atoms with Crippen LogP contribution in [0.2, 0.25) is 0 Å². The minimum absolute atomic E-state index is 0.162. The van der Waals surface area contributed by atoms with E-state index in [1.54, 1.807) is 6.92 Å². The number of nitriles is 1. The van der Waals surface area contributed by atoms with Crippen molar-refractivity contribution in [3.05, 3.63) is 83.2 Å². The van der Waals surface area contributed by atoms with Gasteiger partial charge in [0, 0.05) is 54.3 Å². The Hall–Kier alpha value is -4.30. The molecule has 0 unspecified atom stereocenters. The second kappa shape index (κ2) is 16.1. The quantitative estimate of drug-likeness (QED) is 0.112. The van der Waals surface area contributed by atoms with Crippen LogP contribution in [0, 0.1) is 23.7 Å². The van der Waals surface area contributed by atoms with Crippen molar-refractivity contribution in [3.63, 3.8) is 0 Å². The highest BCUT2D eigenvalue weighted by Crippen LogP contribution is 2.34. The number of rotatable bonds is 11. The van der Waals surface area contributed by atoms with Crippen molar-refractivity contribution in [2.24, 2.45) is 4.99 Å². The van der Waals surface area contributed by atoms with Crippen LogP contribution in [0.5, 0.6) is 5.75 Å². The van der Waals surface area contributed by atoms with Gasteiger partial charge in [0.2, 0.25) is 0 Å². The van der Waals surface area contributed by atoms with Crippen LogP contribution in [0.4, 0.5) is 0 Å². The second-order valence-corrected chi connectivity index (χ2v) is 9.65. The van der Waals surface area contributed by atoms with E-state index in [0.29, 0.717) is 23.8 Å². The summed E-state index contributed by atoms with van der Waals surface area (Å²) in [6.07, 6.45) is 11.1. The molecule has 2 aromatic carbocycles. The number of aliphatic hydroxyl groups is 1. The number of allylic oxidation sites excluding steroid dienone is 2. The summed E-state index contributed by atoms with van der Waals surface area (Å²) in [5, 5.41) is 24.1. The molecule has 7 heteroatoms. The van der Waals surface area contributed by atoms with Gasteiger partial charge in [-0.2, -0.15) is 5.26 Å². The highest BCUT2D eigenvalue weighted by atomic mass is 16.5. The van der Waals surface area contributed by atoms with Gasteiger partial charge in [0.1, 0.15) is 24.2 Å². The molecule has 0 fully saturated rings. The lowest BCUT2D eigenvalue weighted by atomic mass is 10.0. The van der Waals surface area contributed by atoms with Crippen LogP contribution < -0.4 is 10.1 Å². The maximum absolute atomic E-state index is 10.6. The Morgan fingerprint density at radius 3 is 2.71 bits per heavy atom. The number of aliphatic hydroxyl groups excluding tert-OH is 1. The summed E-state index contributed by atoms with van der Waals surface area (Å²) in [7, 11) is 0. The summed E-state index contributed by atoms with van der Waals surface area (Å²) < 4.78 is 11.8. The number of hydrogen-bond donors (Lipinski definition) is 3. The molecule has 0 saturated carbocycles. The fraction of sp³-hybridized carbons (Fsp3) is 0.353. The Morgan fingerprint density at radius 1 is 1.22 bits per heavy atom. The summed E-state index contributed by atoms with van der Waals surface area (Å²) in [4.78, 5) is 7.65. The molecule has 1 aliphatic carbocycles. The molecular weight excluding hydrogens is 512 g/mol. The standard InChI is InChI=1S/C32H34N4O3.C2H6/c1-4-8-25(18-33)19-35-23(3)39-27-15-13-24(14-16-27)17-22(2)34-20-26(37)21-38-31-12-7-11-30-32(31)28-9-5-6-10-29(28)36-30;1-2/h1,5-6,9-10,12-16,19,22,26,34,36-37H,7-8,11,17,20-21H2,2-3H3;1-2H3/b25-19+,35-23?;/t22-,26+;/m1./s1. The number of fused-ring (bicyclic) bond motifs is 3. The molecule has 0 radical (unpaired) electrons. The SMILES string of the molecule is C#CC/C(C#N)=C\N=C(C)Oc1ccc(C[C@@H](C)NC[C@H](O)COC2=CCCc3[nH]c4ccccc4c32)cc1.CC. The number of para-hydroxylation sites is 1. The molecule has 3 N–H and O–H groups in total. The van der Waals surface area contributed by atoms with Gasteiger partial charge < -0.3 is 24.9 Å². The van der Waals surface area contributed by atoms with Crippen LogP contribution in [0.25, 0.3) is 16.7 Å². The van der Waals surface area contributed by atoms with Gasteiger partial charge in [0.25, 0.3) is 0 Å². The molecule has 41 heavy (non-hydrogen) atoms. The third-order valence-corrected chi connectivity index (χ3v) is 6.46. The van der Waals surface area contributed by atoms with Gasteiger partial charge in [-0.3, -0.25) is 0 Å². The molecule has 214 valence electrons. The van der Waals surface area contributed by atoms with Crippen LogP contribution in [0.15, 0.2) is 71.4 Å². The second-order valence-electron chi connectivity index (χ2n) is 9.65. The molecule has 2 atom stereocenters. The molecule has 0 amide bonds. The Labute approximate surface area is 243 Å². The van der Waals surface area contributed by atoms with Crippen molar-refractivity contribution in [2.75, 3.05) is 13.2 Å². The van der Waals surface area contributed by atoms with E-state index in [-0.39, 0.29) is 19.1 Å². The summed E-state index contributed by atoms with van der Waals surface area (Å²) in [6.45, 7) is 8.47. The maximum Gasteiger partial charge on any atom is 0.191 e. The Balaban J connectivity index is 0.00000226. The first kappa shape index (κ1) is 31.2. The number of benzene rings is 2. The first-order chi connectivity index (χ1) is 20.0. The van der Waals surface area contributed by atoms with Crippen molar-refractivity contribution in [1.29, 1.82) is 5.26 Å². The molecule has 1 aromatic heterocycles. The van der Waals surface area contributed by atoms with Gasteiger partial charge in [-0.15, -0.1) is 12.3 Å². The minimum Gasteiger partial charge on any atom is -0.490 e. The molecule has 1 heterocycles. The van der Waals surface area contributed by atoms with Gasteiger partial charge in [-0.1, -0.05) is 44.2 Å². The van der Waals surface area contributed by atoms with Gasteiger partial charge in [-0.05, 0) is 56.0 Å². The highest BCUT2D eigenvalue weighted by molar-refractivity contribution is 5.93. The van der Waals surface area contributed by atoms with E-state index in [2.05, 4.69) is 46.3 Å².